The second-order valence-corrected chi connectivity index (χ2v) is 8.90. The van der Waals surface area contributed by atoms with Crippen LogP contribution < -0.4 is 4.74 Å². The molecule has 0 unspecified atom stereocenters. The van der Waals surface area contributed by atoms with Crippen molar-refractivity contribution in [1.82, 2.24) is 9.88 Å². The smallest absolute Gasteiger partial charge is 0.410 e. The van der Waals surface area contributed by atoms with E-state index in [9.17, 15) is 4.79 Å². The van der Waals surface area contributed by atoms with E-state index < -0.39 is 0 Å². The number of fused-ring (bicyclic) bond motifs is 2. The molecule has 2 heterocycles. The van der Waals surface area contributed by atoms with Gasteiger partial charge in [0.25, 0.3) is 0 Å². The van der Waals surface area contributed by atoms with Crippen LogP contribution in [-0.2, 0) is 12.8 Å². The third kappa shape index (κ3) is 4.15. The predicted molar refractivity (Wildman–Crippen MR) is 127 cm³/mol. The van der Waals surface area contributed by atoms with Crippen LogP contribution in [0.3, 0.4) is 0 Å². The Morgan fingerprint density at radius 1 is 0.969 bits per heavy atom. The van der Waals surface area contributed by atoms with Crippen LogP contribution in [0, 0.1) is 6.92 Å². The first-order valence-electron chi connectivity index (χ1n) is 11.1. The van der Waals surface area contributed by atoms with Crippen molar-refractivity contribution in [3.8, 4) is 5.75 Å². The lowest BCUT2D eigenvalue weighted by molar-refractivity contribution is 0.148. The fourth-order valence-corrected chi connectivity index (χ4v) is 4.81. The lowest BCUT2D eigenvalue weighted by Gasteiger charge is -2.29. The van der Waals surface area contributed by atoms with Crippen molar-refractivity contribution in [2.75, 3.05) is 13.1 Å². The molecule has 1 aliphatic carbocycles. The zero-order valence-corrected chi connectivity index (χ0v) is 18.9. The van der Waals surface area contributed by atoms with Gasteiger partial charge in [0, 0.05) is 29.9 Å². The second-order valence-electron chi connectivity index (χ2n) is 8.46. The minimum Gasteiger partial charge on any atom is -0.410 e. The number of halogens is 1. The molecule has 0 bridgehead atoms. The molecule has 5 heteroatoms. The van der Waals surface area contributed by atoms with Gasteiger partial charge >= 0.3 is 6.09 Å². The standard InChI is InChI=1S/C27H25ClN2O2/c1-18-4-9-23(10-5-18)32-27(31)30-15-12-19(13-16-30)25-24-11-8-22(28)17-21(24)7-6-20-3-2-14-29-26(20)25/h2-5,8-11,14,17H,6-7,12-13,15-16H2,1H3. The number of pyridine rings is 1. The van der Waals surface area contributed by atoms with E-state index in [0.717, 1.165) is 42.0 Å². The number of piperidine rings is 1. The summed E-state index contributed by atoms with van der Waals surface area (Å²) in [5.74, 6) is 0.581. The Hall–Kier alpha value is -3.11. The Bertz CT molecular complexity index is 1190. The Morgan fingerprint density at radius 3 is 2.50 bits per heavy atom. The number of aryl methyl sites for hydroxylation is 3. The van der Waals surface area contributed by atoms with Crippen molar-refractivity contribution in [2.45, 2.75) is 32.6 Å². The minimum absolute atomic E-state index is 0.288. The lowest BCUT2D eigenvalue weighted by atomic mass is 9.88. The number of rotatable bonds is 1. The third-order valence-corrected chi connectivity index (χ3v) is 6.57. The van der Waals surface area contributed by atoms with E-state index in [1.165, 1.54) is 27.8 Å². The van der Waals surface area contributed by atoms with Crippen LogP contribution in [0.1, 0.15) is 40.8 Å². The highest BCUT2D eigenvalue weighted by Gasteiger charge is 2.27. The van der Waals surface area contributed by atoms with Gasteiger partial charge in [0.1, 0.15) is 5.75 Å². The molecule has 32 heavy (non-hydrogen) atoms. The fourth-order valence-electron chi connectivity index (χ4n) is 4.61. The number of likely N-dealkylation sites (tertiary alicyclic amines) is 1. The number of carbonyl (C=O) groups is 1. The molecule has 0 saturated carbocycles. The number of carbonyl (C=O) groups excluding carboxylic acids is 1. The molecule has 1 aliphatic heterocycles. The number of hydrogen-bond donors (Lipinski definition) is 0. The van der Waals surface area contributed by atoms with E-state index in [1.54, 1.807) is 4.90 Å². The summed E-state index contributed by atoms with van der Waals surface area (Å²) in [5.41, 5.74) is 8.52. The van der Waals surface area contributed by atoms with Crippen molar-refractivity contribution in [2.24, 2.45) is 0 Å². The van der Waals surface area contributed by atoms with Crippen LogP contribution in [0.4, 0.5) is 4.79 Å². The molecular formula is C27H25ClN2O2. The van der Waals surface area contributed by atoms with E-state index in [1.807, 2.05) is 49.5 Å². The van der Waals surface area contributed by atoms with Gasteiger partial charge in [-0.25, -0.2) is 4.79 Å². The van der Waals surface area contributed by atoms with Crippen molar-refractivity contribution in [3.05, 3.63) is 99.3 Å². The van der Waals surface area contributed by atoms with Crippen LogP contribution in [-0.4, -0.2) is 29.1 Å². The Kier molecular flexibility index (Phi) is 5.71. The summed E-state index contributed by atoms with van der Waals surface area (Å²) in [5, 5.41) is 0.765. The summed E-state index contributed by atoms with van der Waals surface area (Å²) in [4.78, 5) is 19.3. The maximum absolute atomic E-state index is 12.7. The van der Waals surface area contributed by atoms with Crippen LogP contribution in [0.15, 0.2) is 66.4 Å². The first-order chi connectivity index (χ1) is 15.6. The number of aromatic nitrogens is 1. The first kappa shape index (κ1) is 20.8. The zero-order valence-electron chi connectivity index (χ0n) is 18.1. The van der Waals surface area contributed by atoms with Crippen LogP contribution >= 0.6 is 11.6 Å². The van der Waals surface area contributed by atoms with Crippen molar-refractivity contribution >= 4 is 23.3 Å². The number of amides is 1. The van der Waals surface area contributed by atoms with Gasteiger partial charge in [-0.1, -0.05) is 47.0 Å². The molecule has 2 aromatic carbocycles. The van der Waals surface area contributed by atoms with Gasteiger partial charge in [-0.15, -0.1) is 0 Å². The molecule has 0 N–H and O–H groups in total. The fraction of sp³-hybridized carbons (Fsp3) is 0.259. The molecule has 4 nitrogen and oxygen atoms in total. The lowest BCUT2D eigenvalue weighted by Crippen LogP contribution is -2.38. The van der Waals surface area contributed by atoms with Gasteiger partial charge in [-0.05, 0) is 79.6 Å². The normalized spacial score (nSPS) is 15.6. The van der Waals surface area contributed by atoms with Gasteiger partial charge in [-0.2, -0.15) is 0 Å². The first-order valence-corrected chi connectivity index (χ1v) is 11.4. The highest BCUT2D eigenvalue weighted by molar-refractivity contribution is 6.30. The molecular weight excluding hydrogens is 420 g/mol. The minimum atomic E-state index is -0.288. The summed E-state index contributed by atoms with van der Waals surface area (Å²) < 4.78 is 5.58. The maximum atomic E-state index is 12.7. The van der Waals surface area contributed by atoms with E-state index in [-0.39, 0.29) is 6.09 Å². The van der Waals surface area contributed by atoms with Crippen LogP contribution in [0.25, 0.3) is 5.57 Å². The topological polar surface area (TPSA) is 42.4 Å². The maximum Gasteiger partial charge on any atom is 0.415 e. The summed E-state index contributed by atoms with van der Waals surface area (Å²) in [6, 6.07) is 17.9. The Balaban J connectivity index is 1.42. The zero-order chi connectivity index (χ0) is 22.1. The second kappa shape index (κ2) is 8.79. The third-order valence-electron chi connectivity index (χ3n) is 6.33. The summed E-state index contributed by atoms with van der Waals surface area (Å²) >= 11 is 6.31. The number of nitrogens with zero attached hydrogens (tertiary/aromatic N) is 2. The molecule has 0 spiro atoms. The number of benzene rings is 2. The highest BCUT2D eigenvalue weighted by atomic mass is 35.5. The number of ether oxygens (including phenoxy) is 1. The average molecular weight is 445 g/mol. The summed E-state index contributed by atoms with van der Waals surface area (Å²) in [7, 11) is 0. The van der Waals surface area contributed by atoms with Gasteiger partial charge in [0.2, 0.25) is 0 Å². The predicted octanol–water partition coefficient (Wildman–Crippen LogP) is 6.24. The van der Waals surface area contributed by atoms with E-state index in [2.05, 4.69) is 18.2 Å². The number of hydrogen-bond acceptors (Lipinski definition) is 3. The molecule has 0 radical (unpaired) electrons. The van der Waals surface area contributed by atoms with Gasteiger partial charge in [0.05, 0.1) is 5.69 Å². The molecule has 1 fully saturated rings. The SMILES string of the molecule is Cc1ccc(OC(=O)N2CCC(=C3c4ccc(Cl)cc4CCc4cccnc43)CC2)cc1. The molecule has 0 atom stereocenters. The van der Waals surface area contributed by atoms with Gasteiger partial charge in [0.15, 0.2) is 0 Å². The Labute approximate surface area is 193 Å². The average Bonchev–Trinajstić information content (AvgIpc) is 2.97. The quantitative estimate of drug-likeness (QED) is 0.446. The molecule has 162 valence electrons. The molecule has 1 amide bonds. The van der Waals surface area contributed by atoms with E-state index >= 15 is 0 Å². The molecule has 1 saturated heterocycles. The molecule has 3 aromatic rings. The Morgan fingerprint density at radius 2 is 1.72 bits per heavy atom. The van der Waals surface area contributed by atoms with Crippen LogP contribution in [0.2, 0.25) is 5.02 Å². The molecule has 2 aliphatic rings. The van der Waals surface area contributed by atoms with Crippen molar-refractivity contribution in [1.29, 1.82) is 0 Å². The van der Waals surface area contributed by atoms with Crippen molar-refractivity contribution < 1.29 is 9.53 Å². The molecule has 5 rings (SSSR count). The molecule has 1 aromatic heterocycles. The van der Waals surface area contributed by atoms with E-state index in [0.29, 0.717) is 18.8 Å². The monoisotopic (exact) mass is 444 g/mol. The van der Waals surface area contributed by atoms with Gasteiger partial charge < -0.3 is 9.64 Å². The summed E-state index contributed by atoms with van der Waals surface area (Å²) in [6.07, 6.45) is 5.08. The highest BCUT2D eigenvalue weighted by Crippen LogP contribution is 2.38. The van der Waals surface area contributed by atoms with Crippen LogP contribution in [0.5, 0.6) is 5.75 Å². The van der Waals surface area contributed by atoms with Crippen molar-refractivity contribution in [3.63, 3.8) is 0 Å². The summed E-state index contributed by atoms with van der Waals surface area (Å²) in [6.45, 7) is 3.28. The largest absolute Gasteiger partial charge is 0.415 e. The van der Waals surface area contributed by atoms with E-state index in [4.69, 9.17) is 21.3 Å². The van der Waals surface area contributed by atoms with Gasteiger partial charge in [-0.3, -0.25) is 4.98 Å².